The van der Waals surface area contributed by atoms with Crippen LogP contribution in [0.5, 0.6) is 0 Å². The number of aromatic nitrogens is 1. The maximum Gasteiger partial charge on any atom is 0.310 e. The molecule has 2 heterocycles. The summed E-state index contributed by atoms with van der Waals surface area (Å²) in [6, 6.07) is 14.5. The Morgan fingerprint density at radius 3 is 2.87 bits per heavy atom. The third kappa shape index (κ3) is 4.94. The highest BCUT2D eigenvalue weighted by molar-refractivity contribution is 7.22. The zero-order valence-corrected chi connectivity index (χ0v) is 18.9. The van der Waals surface area contributed by atoms with Gasteiger partial charge in [0.25, 0.3) is 0 Å². The molecule has 1 fully saturated rings. The molecule has 0 radical (unpaired) electrons. The van der Waals surface area contributed by atoms with Crippen LogP contribution in [0.15, 0.2) is 42.5 Å². The molecule has 0 N–H and O–H groups in total. The van der Waals surface area contributed by atoms with E-state index < -0.39 is 0 Å². The number of esters is 1. The molecular formula is C23H26ClN3O2S. The van der Waals surface area contributed by atoms with Gasteiger partial charge >= 0.3 is 5.97 Å². The lowest BCUT2D eigenvalue weighted by molar-refractivity contribution is -0.142. The van der Waals surface area contributed by atoms with Gasteiger partial charge < -0.3 is 9.64 Å². The van der Waals surface area contributed by atoms with Gasteiger partial charge in [-0.3, -0.25) is 9.69 Å². The summed E-state index contributed by atoms with van der Waals surface area (Å²) in [5.41, 5.74) is 3.24. The lowest BCUT2D eigenvalue weighted by atomic mass is 10.1. The van der Waals surface area contributed by atoms with E-state index in [-0.39, 0.29) is 5.97 Å². The Bertz CT molecular complexity index is 1040. The van der Waals surface area contributed by atoms with E-state index in [1.54, 1.807) is 11.3 Å². The number of carbonyl (C=O) groups is 1. The Balaban J connectivity index is 1.39. The minimum atomic E-state index is -0.172. The lowest BCUT2D eigenvalue weighted by Crippen LogP contribution is -2.51. The second-order valence-electron chi connectivity index (χ2n) is 7.68. The Hall–Kier alpha value is -2.15. The molecule has 4 rings (SSSR count). The third-order valence-electron chi connectivity index (χ3n) is 5.41. The van der Waals surface area contributed by atoms with Crippen LogP contribution in [0, 0.1) is 0 Å². The number of hydrogen-bond donors (Lipinski definition) is 0. The number of benzene rings is 2. The number of anilines is 1. The van der Waals surface area contributed by atoms with E-state index in [4.69, 9.17) is 21.3 Å². The van der Waals surface area contributed by atoms with Gasteiger partial charge in [-0.1, -0.05) is 47.2 Å². The zero-order chi connectivity index (χ0) is 21.1. The summed E-state index contributed by atoms with van der Waals surface area (Å²) in [5.74, 6) is -0.172. The minimum absolute atomic E-state index is 0.172. The Labute approximate surface area is 186 Å². The molecule has 0 unspecified atom stereocenters. The van der Waals surface area contributed by atoms with Crippen molar-refractivity contribution in [1.82, 2.24) is 9.88 Å². The summed E-state index contributed by atoms with van der Waals surface area (Å²) in [5, 5.41) is 1.82. The number of rotatable bonds is 6. The van der Waals surface area contributed by atoms with Crippen molar-refractivity contribution < 1.29 is 9.53 Å². The van der Waals surface area contributed by atoms with E-state index in [1.807, 2.05) is 37.3 Å². The normalized spacial score (nSPS) is 17.4. The SMILES string of the molecule is CCOC(=O)Cc1cccc(CN2CCN(c3nc4ccc(Cl)cc4s3)C[C@@H]2C)c1. The molecule has 0 spiro atoms. The number of halogens is 1. The van der Waals surface area contributed by atoms with Crippen LogP contribution in [0.2, 0.25) is 5.02 Å². The molecule has 1 aliphatic rings. The maximum absolute atomic E-state index is 11.8. The topological polar surface area (TPSA) is 45.7 Å². The van der Waals surface area contributed by atoms with E-state index in [1.165, 1.54) is 5.56 Å². The van der Waals surface area contributed by atoms with Crippen LogP contribution < -0.4 is 4.90 Å². The predicted octanol–water partition coefficient (Wildman–Crippen LogP) is 4.77. The summed E-state index contributed by atoms with van der Waals surface area (Å²) in [7, 11) is 0. The van der Waals surface area contributed by atoms with Crippen molar-refractivity contribution in [2.45, 2.75) is 32.9 Å². The lowest BCUT2D eigenvalue weighted by Gasteiger charge is -2.39. The van der Waals surface area contributed by atoms with Gasteiger partial charge in [0.1, 0.15) is 0 Å². The number of carbonyl (C=O) groups excluding carboxylic acids is 1. The highest BCUT2D eigenvalue weighted by Gasteiger charge is 2.25. The zero-order valence-electron chi connectivity index (χ0n) is 17.3. The quantitative estimate of drug-likeness (QED) is 0.513. The molecule has 1 saturated heterocycles. The van der Waals surface area contributed by atoms with Gasteiger partial charge in [0.2, 0.25) is 0 Å². The maximum atomic E-state index is 11.8. The molecule has 0 amide bonds. The van der Waals surface area contributed by atoms with Gasteiger partial charge in [0.05, 0.1) is 23.2 Å². The highest BCUT2D eigenvalue weighted by atomic mass is 35.5. The van der Waals surface area contributed by atoms with Gasteiger partial charge in [-0.2, -0.15) is 0 Å². The third-order valence-corrected chi connectivity index (χ3v) is 6.72. The summed E-state index contributed by atoms with van der Waals surface area (Å²) >= 11 is 7.83. The molecule has 1 aromatic heterocycles. The van der Waals surface area contributed by atoms with Gasteiger partial charge in [0, 0.05) is 37.2 Å². The van der Waals surface area contributed by atoms with Gasteiger partial charge in [-0.05, 0) is 43.2 Å². The Morgan fingerprint density at radius 1 is 1.23 bits per heavy atom. The first-order chi connectivity index (χ1) is 14.5. The number of thiazole rings is 1. The van der Waals surface area contributed by atoms with Crippen molar-refractivity contribution in [3.8, 4) is 0 Å². The monoisotopic (exact) mass is 443 g/mol. The van der Waals surface area contributed by atoms with Crippen molar-refractivity contribution in [2.75, 3.05) is 31.1 Å². The molecule has 30 heavy (non-hydrogen) atoms. The van der Waals surface area contributed by atoms with Crippen molar-refractivity contribution in [3.05, 3.63) is 58.6 Å². The van der Waals surface area contributed by atoms with Crippen molar-refractivity contribution in [1.29, 1.82) is 0 Å². The second-order valence-corrected chi connectivity index (χ2v) is 9.12. The fourth-order valence-electron chi connectivity index (χ4n) is 3.88. The number of ether oxygens (including phenoxy) is 1. The molecule has 7 heteroatoms. The van der Waals surface area contributed by atoms with Crippen LogP contribution >= 0.6 is 22.9 Å². The van der Waals surface area contributed by atoms with Crippen molar-refractivity contribution >= 4 is 44.3 Å². The fourth-order valence-corrected chi connectivity index (χ4v) is 5.15. The molecule has 2 aromatic carbocycles. The molecule has 0 bridgehead atoms. The number of fused-ring (bicyclic) bond motifs is 1. The molecule has 5 nitrogen and oxygen atoms in total. The van der Waals surface area contributed by atoms with E-state index in [2.05, 4.69) is 28.9 Å². The van der Waals surface area contributed by atoms with E-state index >= 15 is 0 Å². The molecule has 0 saturated carbocycles. The van der Waals surface area contributed by atoms with Crippen LogP contribution in [-0.4, -0.2) is 48.1 Å². The molecule has 158 valence electrons. The van der Waals surface area contributed by atoms with Crippen LogP contribution in [0.3, 0.4) is 0 Å². The predicted molar refractivity (Wildman–Crippen MR) is 123 cm³/mol. The first-order valence-electron chi connectivity index (χ1n) is 10.3. The largest absolute Gasteiger partial charge is 0.466 e. The average molecular weight is 444 g/mol. The van der Waals surface area contributed by atoms with Crippen LogP contribution in [-0.2, 0) is 22.5 Å². The molecule has 3 aromatic rings. The highest BCUT2D eigenvalue weighted by Crippen LogP contribution is 2.32. The summed E-state index contributed by atoms with van der Waals surface area (Å²) in [6.45, 7) is 8.25. The number of piperazine rings is 1. The molecular weight excluding hydrogens is 418 g/mol. The van der Waals surface area contributed by atoms with Crippen molar-refractivity contribution in [3.63, 3.8) is 0 Å². The molecule has 1 atom stereocenters. The fraction of sp³-hybridized carbons (Fsp3) is 0.391. The van der Waals surface area contributed by atoms with Gasteiger partial charge in [0.15, 0.2) is 5.13 Å². The smallest absolute Gasteiger partial charge is 0.310 e. The van der Waals surface area contributed by atoms with E-state index in [0.29, 0.717) is 19.1 Å². The molecule has 1 aliphatic heterocycles. The number of hydrogen-bond acceptors (Lipinski definition) is 6. The Morgan fingerprint density at radius 2 is 2.07 bits per heavy atom. The van der Waals surface area contributed by atoms with Crippen LogP contribution in [0.4, 0.5) is 5.13 Å². The molecule has 0 aliphatic carbocycles. The average Bonchev–Trinajstić information content (AvgIpc) is 3.13. The van der Waals surface area contributed by atoms with Crippen LogP contribution in [0.1, 0.15) is 25.0 Å². The summed E-state index contributed by atoms with van der Waals surface area (Å²) < 4.78 is 6.20. The Kier molecular flexibility index (Phi) is 6.56. The second kappa shape index (κ2) is 9.33. The summed E-state index contributed by atoms with van der Waals surface area (Å²) in [4.78, 5) is 21.4. The first kappa shape index (κ1) is 21.1. The van der Waals surface area contributed by atoms with E-state index in [9.17, 15) is 4.79 Å². The van der Waals surface area contributed by atoms with Crippen molar-refractivity contribution in [2.24, 2.45) is 0 Å². The van der Waals surface area contributed by atoms with Gasteiger partial charge in [-0.25, -0.2) is 4.98 Å². The van der Waals surface area contributed by atoms with Crippen LogP contribution in [0.25, 0.3) is 10.2 Å². The summed E-state index contributed by atoms with van der Waals surface area (Å²) in [6.07, 6.45) is 0.326. The first-order valence-corrected chi connectivity index (χ1v) is 11.5. The number of nitrogens with zero attached hydrogens (tertiary/aromatic N) is 3. The van der Waals surface area contributed by atoms with Gasteiger partial charge in [-0.15, -0.1) is 0 Å². The van der Waals surface area contributed by atoms with E-state index in [0.717, 1.165) is 52.1 Å². The standard InChI is InChI=1S/C23H26ClN3O2S/c1-3-29-22(28)12-17-5-4-6-18(11-17)15-26-9-10-27(14-16(26)2)23-25-20-8-7-19(24)13-21(20)30-23/h4-8,11,13,16H,3,9-10,12,14-15H2,1-2H3/t16-/m0/s1. The minimum Gasteiger partial charge on any atom is -0.466 e.